The minimum atomic E-state index is -0.993. The Bertz CT molecular complexity index is 2250. The zero-order valence-corrected chi connectivity index (χ0v) is 33.6. The summed E-state index contributed by atoms with van der Waals surface area (Å²) in [6.07, 6.45) is 3.50. The van der Waals surface area contributed by atoms with Gasteiger partial charge < -0.3 is 39.0 Å². The first-order chi connectivity index (χ1) is 27.9. The van der Waals surface area contributed by atoms with E-state index < -0.39 is 29.7 Å². The van der Waals surface area contributed by atoms with Gasteiger partial charge in [-0.3, -0.25) is 34.2 Å². The number of urea groups is 1. The van der Waals surface area contributed by atoms with Crippen molar-refractivity contribution in [3.8, 4) is 22.6 Å². The lowest BCUT2D eigenvalue weighted by Gasteiger charge is -2.54. The highest BCUT2D eigenvalue weighted by molar-refractivity contribution is 6.23. The second kappa shape index (κ2) is 15.5. The van der Waals surface area contributed by atoms with Gasteiger partial charge in [0.05, 0.1) is 37.5 Å². The van der Waals surface area contributed by atoms with Crippen LogP contribution >= 0.6 is 0 Å². The number of nitrogens with zero attached hydrogens (tertiary/aromatic N) is 6. The fourth-order valence-corrected chi connectivity index (χ4v) is 9.34. The maximum atomic E-state index is 13.4. The number of amides is 6. The van der Waals surface area contributed by atoms with E-state index in [0.29, 0.717) is 61.6 Å². The Morgan fingerprint density at radius 1 is 0.897 bits per heavy atom. The molecular weight excluding hydrogens is 745 g/mol. The summed E-state index contributed by atoms with van der Waals surface area (Å²) in [6, 6.07) is 8.37. The van der Waals surface area contributed by atoms with Crippen molar-refractivity contribution in [1.29, 1.82) is 0 Å². The van der Waals surface area contributed by atoms with Crippen molar-refractivity contribution in [3.05, 3.63) is 74.7 Å². The fourth-order valence-electron chi connectivity index (χ4n) is 9.34. The molecule has 2 aromatic carbocycles. The summed E-state index contributed by atoms with van der Waals surface area (Å²) < 4.78 is 13.1. The summed E-state index contributed by atoms with van der Waals surface area (Å²) in [7, 11) is 8.99. The molecule has 58 heavy (non-hydrogen) atoms. The first-order valence-corrected chi connectivity index (χ1v) is 19.9. The van der Waals surface area contributed by atoms with Gasteiger partial charge in [-0.1, -0.05) is 0 Å². The molecule has 16 nitrogen and oxygen atoms in total. The second-order valence-corrected chi connectivity index (χ2v) is 16.2. The van der Waals surface area contributed by atoms with Crippen molar-refractivity contribution in [2.45, 2.75) is 50.9 Å². The highest BCUT2D eigenvalue weighted by Crippen LogP contribution is 2.40. The Hall–Kier alpha value is -5.74. The maximum Gasteiger partial charge on any atom is 0.317 e. The van der Waals surface area contributed by atoms with Crippen LogP contribution in [0.2, 0.25) is 0 Å². The van der Waals surface area contributed by atoms with Gasteiger partial charge in [0.15, 0.2) is 0 Å². The van der Waals surface area contributed by atoms with Gasteiger partial charge in [-0.25, -0.2) is 4.79 Å². The third kappa shape index (κ3) is 6.97. The van der Waals surface area contributed by atoms with E-state index in [9.17, 15) is 28.8 Å². The number of aromatic nitrogens is 1. The van der Waals surface area contributed by atoms with Crippen LogP contribution in [0.25, 0.3) is 11.1 Å². The second-order valence-electron chi connectivity index (χ2n) is 16.2. The van der Waals surface area contributed by atoms with Crippen molar-refractivity contribution >= 4 is 35.3 Å². The summed E-state index contributed by atoms with van der Waals surface area (Å²) >= 11 is 0. The van der Waals surface area contributed by atoms with Crippen molar-refractivity contribution in [2.24, 2.45) is 13.0 Å². The van der Waals surface area contributed by atoms with Crippen LogP contribution in [0.1, 0.15) is 56.7 Å². The van der Waals surface area contributed by atoms with Crippen LogP contribution in [0, 0.1) is 5.92 Å². The van der Waals surface area contributed by atoms with Crippen molar-refractivity contribution in [2.75, 3.05) is 72.5 Å². The highest BCUT2D eigenvalue weighted by Gasteiger charge is 2.46. The number of hydrogen-bond acceptors (Lipinski definition) is 11. The monoisotopic (exact) mass is 794 g/mol. The average Bonchev–Trinajstić information content (AvgIpc) is 3.44. The van der Waals surface area contributed by atoms with E-state index >= 15 is 0 Å². The standard InChI is InChI=1S/C42H50N8O8/c1-45(2)21-32-35(57-4)16-24(17-36(32)58-5)30-22-46(3)39(53)31-23-48(14-10-27(30)31)42(56)43-12-15-47-13-11-33-25(19-47)20-49(33)26-6-7-28-29(18-26)41(55)50(40(28)54)34-8-9-37(51)44-38(34)52/h6-7,16-18,22,25,33-34H,8-15,19-21,23H2,1-5H3,(H,43,56)(H,44,51,52). The molecule has 6 heterocycles. The van der Waals surface area contributed by atoms with Gasteiger partial charge in [0.2, 0.25) is 11.8 Å². The molecular formula is C42H50N8O8. The molecule has 8 rings (SSSR count). The predicted molar refractivity (Wildman–Crippen MR) is 214 cm³/mol. The molecule has 3 saturated heterocycles. The number of anilines is 1. The number of carbonyl (C=O) groups excluding carboxylic acids is 5. The number of aryl methyl sites for hydroxylation is 1. The van der Waals surface area contributed by atoms with E-state index in [4.69, 9.17) is 9.47 Å². The van der Waals surface area contributed by atoms with Crippen LogP contribution in [-0.2, 0) is 36.1 Å². The molecule has 0 radical (unpaired) electrons. The molecule has 3 aromatic rings. The van der Waals surface area contributed by atoms with Crippen LogP contribution in [0.4, 0.5) is 10.5 Å². The topological polar surface area (TPSA) is 166 Å². The smallest absolute Gasteiger partial charge is 0.317 e. The summed E-state index contributed by atoms with van der Waals surface area (Å²) in [5, 5.41) is 5.33. The summed E-state index contributed by atoms with van der Waals surface area (Å²) in [4.78, 5) is 86.9. The first kappa shape index (κ1) is 39.1. The number of likely N-dealkylation sites (tertiary alicyclic amines) is 1. The number of methoxy groups -OCH3 is 2. The number of pyridine rings is 1. The quantitative estimate of drug-likeness (QED) is 0.288. The number of rotatable bonds is 10. The molecule has 3 atom stereocenters. The van der Waals surface area contributed by atoms with Gasteiger partial charge in [-0.15, -0.1) is 0 Å². The number of ether oxygens (including phenoxy) is 2. The van der Waals surface area contributed by atoms with Crippen LogP contribution in [-0.4, -0.2) is 133 Å². The minimum absolute atomic E-state index is 0.0772. The number of nitrogens with one attached hydrogen (secondary N) is 2. The Kier molecular flexibility index (Phi) is 10.5. The number of imide groups is 2. The number of hydrogen-bond donors (Lipinski definition) is 2. The summed E-state index contributed by atoms with van der Waals surface area (Å²) in [5.41, 5.74) is 5.60. The molecule has 0 bridgehead atoms. The lowest BCUT2D eigenvalue weighted by Crippen LogP contribution is -2.64. The van der Waals surface area contributed by atoms with Gasteiger partial charge in [-0.2, -0.15) is 0 Å². The van der Waals surface area contributed by atoms with Crippen LogP contribution in [0.5, 0.6) is 11.5 Å². The SMILES string of the molecule is COc1cc(-c2cn(C)c(=O)c3c2CCN(C(=O)NCCN2CCC4C(C2)CN4c2ccc4c(c2)C(=O)N(C2CCC(=O)NC2=O)C4=O)C3)cc(OC)c1CN(C)C. The lowest BCUT2D eigenvalue weighted by molar-refractivity contribution is -0.136. The van der Waals surface area contributed by atoms with Crippen LogP contribution in [0.3, 0.4) is 0 Å². The lowest BCUT2D eigenvalue weighted by atomic mass is 9.82. The summed E-state index contributed by atoms with van der Waals surface area (Å²) in [6.45, 7) is 5.04. The molecule has 16 heteroatoms. The van der Waals surface area contributed by atoms with Crippen molar-refractivity contribution in [3.63, 3.8) is 0 Å². The molecule has 3 fully saturated rings. The molecule has 306 valence electrons. The molecule has 2 N–H and O–H groups in total. The van der Waals surface area contributed by atoms with Gasteiger partial charge in [0.1, 0.15) is 17.5 Å². The fraction of sp³-hybridized carbons (Fsp3) is 0.476. The predicted octanol–water partition coefficient (Wildman–Crippen LogP) is 1.81. The Morgan fingerprint density at radius 2 is 1.64 bits per heavy atom. The van der Waals surface area contributed by atoms with Crippen molar-refractivity contribution in [1.82, 2.24) is 34.8 Å². The molecule has 0 saturated carbocycles. The van der Waals surface area contributed by atoms with Crippen molar-refractivity contribution < 1.29 is 33.4 Å². The summed E-state index contributed by atoms with van der Waals surface area (Å²) in [5.74, 6) is -0.205. The van der Waals surface area contributed by atoms with E-state index in [-0.39, 0.29) is 42.1 Å². The van der Waals surface area contributed by atoms with E-state index in [1.165, 1.54) is 0 Å². The Labute approximate surface area is 336 Å². The third-order valence-electron chi connectivity index (χ3n) is 12.3. The largest absolute Gasteiger partial charge is 0.496 e. The number of benzene rings is 2. The van der Waals surface area contributed by atoms with Crippen LogP contribution < -0.4 is 30.6 Å². The van der Waals surface area contributed by atoms with Gasteiger partial charge in [0.25, 0.3) is 17.4 Å². The average molecular weight is 795 g/mol. The van der Waals surface area contributed by atoms with Gasteiger partial charge in [0, 0.05) is 94.3 Å². The van der Waals surface area contributed by atoms with Gasteiger partial charge in [-0.05, 0) is 74.8 Å². The molecule has 5 aliphatic rings. The zero-order valence-electron chi connectivity index (χ0n) is 33.6. The van der Waals surface area contributed by atoms with Crippen LogP contribution in [0.15, 0.2) is 41.3 Å². The van der Waals surface area contributed by atoms with E-state index in [1.807, 2.05) is 38.5 Å². The molecule has 6 amide bonds. The molecule has 0 spiro atoms. The van der Waals surface area contributed by atoms with E-state index in [1.54, 1.807) is 42.9 Å². The van der Waals surface area contributed by atoms with E-state index in [2.05, 4.69) is 25.3 Å². The number of piperidine rings is 2. The Balaban J connectivity index is 0.855. The molecule has 5 aliphatic heterocycles. The maximum absolute atomic E-state index is 13.4. The number of carbonyl (C=O) groups is 5. The minimum Gasteiger partial charge on any atom is -0.496 e. The Morgan fingerprint density at radius 3 is 2.33 bits per heavy atom. The zero-order chi connectivity index (χ0) is 41.0. The van der Waals surface area contributed by atoms with Gasteiger partial charge >= 0.3 is 6.03 Å². The first-order valence-electron chi connectivity index (χ1n) is 19.9. The molecule has 0 aliphatic carbocycles. The molecule has 1 aromatic heterocycles. The third-order valence-corrected chi connectivity index (χ3v) is 12.3. The van der Waals surface area contributed by atoms with E-state index in [0.717, 1.165) is 58.9 Å². The molecule has 3 unspecified atom stereocenters. The highest BCUT2D eigenvalue weighted by atomic mass is 16.5. The normalized spacial score (nSPS) is 21.7. The number of fused-ring (bicyclic) bond motifs is 3.